The van der Waals surface area contributed by atoms with Gasteiger partial charge in [0.2, 0.25) is 0 Å². The first-order valence-electron chi connectivity index (χ1n) is 8.58. The molecule has 0 radical (unpaired) electrons. The van der Waals surface area contributed by atoms with Crippen LogP contribution in [0.15, 0.2) is 53.8 Å². The first kappa shape index (κ1) is 17.9. The first-order chi connectivity index (χ1) is 13.1. The van der Waals surface area contributed by atoms with Gasteiger partial charge < -0.3 is 14.6 Å². The van der Waals surface area contributed by atoms with Gasteiger partial charge in [0.25, 0.3) is 5.91 Å². The van der Waals surface area contributed by atoms with E-state index in [1.54, 1.807) is 23.9 Å². The van der Waals surface area contributed by atoms with Crippen LogP contribution in [0, 0.1) is 6.92 Å². The molecule has 138 valence electrons. The van der Waals surface area contributed by atoms with Crippen LogP contribution in [0.3, 0.4) is 0 Å². The summed E-state index contributed by atoms with van der Waals surface area (Å²) >= 11 is 7.76. The van der Waals surface area contributed by atoms with Gasteiger partial charge in [-0.15, -0.1) is 0 Å². The molecule has 0 unspecified atom stereocenters. The number of thioether (sulfide) groups is 1. The summed E-state index contributed by atoms with van der Waals surface area (Å²) in [6, 6.07) is 13.0. The van der Waals surface area contributed by atoms with Crippen molar-refractivity contribution in [3.8, 4) is 17.0 Å². The number of nitrogens with zero attached hydrogens (tertiary/aromatic N) is 2. The van der Waals surface area contributed by atoms with E-state index in [4.69, 9.17) is 16.3 Å². The molecule has 4 rings (SSSR count). The maximum atomic E-state index is 12.4. The van der Waals surface area contributed by atoms with E-state index in [0.717, 1.165) is 40.0 Å². The van der Waals surface area contributed by atoms with E-state index in [1.807, 2.05) is 43.5 Å². The summed E-state index contributed by atoms with van der Waals surface area (Å²) in [6.07, 6.45) is 2.04. The van der Waals surface area contributed by atoms with Crippen molar-refractivity contribution in [2.24, 2.45) is 0 Å². The zero-order chi connectivity index (χ0) is 18.8. The van der Waals surface area contributed by atoms with Crippen molar-refractivity contribution >= 4 is 35.0 Å². The number of ether oxygens (including phenoxy) is 1. The number of anilines is 1. The van der Waals surface area contributed by atoms with Crippen molar-refractivity contribution in [2.45, 2.75) is 18.6 Å². The second-order valence-electron chi connectivity index (χ2n) is 6.24. The Bertz CT molecular complexity index is 981. The van der Waals surface area contributed by atoms with E-state index in [0.29, 0.717) is 10.8 Å². The van der Waals surface area contributed by atoms with Gasteiger partial charge >= 0.3 is 0 Å². The molecule has 5 nitrogen and oxygen atoms in total. The average Bonchev–Trinajstić information content (AvgIpc) is 3.25. The highest BCUT2D eigenvalue weighted by Gasteiger charge is 2.17. The Balaban J connectivity index is 1.46. The fourth-order valence-corrected chi connectivity index (χ4v) is 3.96. The number of para-hydroxylation sites is 1. The van der Waals surface area contributed by atoms with Crippen LogP contribution in [0.4, 0.5) is 5.69 Å². The molecule has 27 heavy (non-hydrogen) atoms. The van der Waals surface area contributed by atoms with Crippen molar-refractivity contribution in [3.05, 3.63) is 59.2 Å². The molecule has 1 aliphatic heterocycles. The topological polar surface area (TPSA) is 56.1 Å². The van der Waals surface area contributed by atoms with E-state index in [1.165, 1.54) is 0 Å². The molecule has 0 aliphatic carbocycles. The summed E-state index contributed by atoms with van der Waals surface area (Å²) < 4.78 is 7.72. The van der Waals surface area contributed by atoms with Crippen LogP contribution < -0.4 is 10.1 Å². The Kier molecular flexibility index (Phi) is 5.09. The highest BCUT2D eigenvalue weighted by molar-refractivity contribution is 7.99. The van der Waals surface area contributed by atoms with Gasteiger partial charge in [0, 0.05) is 29.1 Å². The highest BCUT2D eigenvalue weighted by atomic mass is 35.5. The van der Waals surface area contributed by atoms with Crippen LogP contribution in [0.25, 0.3) is 11.3 Å². The molecule has 0 spiro atoms. The average molecular weight is 400 g/mol. The van der Waals surface area contributed by atoms with Crippen molar-refractivity contribution < 1.29 is 9.53 Å². The minimum Gasteiger partial charge on any atom is -0.484 e. The van der Waals surface area contributed by atoms with E-state index in [9.17, 15) is 4.79 Å². The van der Waals surface area contributed by atoms with Crippen molar-refractivity contribution in [1.29, 1.82) is 0 Å². The number of fused-ring (bicyclic) bond motifs is 1. The second-order valence-corrected chi connectivity index (χ2v) is 7.71. The molecule has 2 aromatic carbocycles. The number of imidazole rings is 1. The van der Waals surface area contributed by atoms with E-state index < -0.39 is 0 Å². The fourth-order valence-electron chi connectivity index (χ4n) is 2.90. The monoisotopic (exact) mass is 399 g/mol. The predicted octanol–water partition coefficient (Wildman–Crippen LogP) is 4.64. The number of halogens is 1. The lowest BCUT2D eigenvalue weighted by molar-refractivity contribution is -0.118. The van der Waals surface area contributed by atoms with Crippen LogP contribution in [-0.4, -0.2) is 27.8 Å². The number of aryl methyl sites for hydroxylation is 2. The number of hydrogen-bond acceptors (Lipinski definition) is 4. The molecule has 0 atom stereocenters. The van der Waals surface area contributed by atoms with E-state index >= 15 is 0 Å². The minimum atomic E-state index is -0.226. The van der Waals surface area contributed by atoms with Gasteiger partial charge in [-0.1, -0.05) is 41.6 Å². The molecule has 0 fully saturated rings. The molecular formula is C20H18ClN3O2S. The number of amides is 1. The maximum absolute atomic E-state index is 12.4. The number of benzene rings is 2. The number of nitrogens with one attached hydrogen (secondary N) is 1. The number of hydrogen-bond donors (Lipinski definition) is 1. The van der Waals surface area contributed by atoms with Crippen LogP contribution in [0.1, 0.15) is 5.56 Å². The second kappa shape index (κ2) is 7.66. The van der Waals surface area contributed by atoms with Crippen LogP contribution >= 0.6 is 23.4 Å². The number of carbonyl (C=O) groups is 1. The lowest BCUT2D eigenvalue weighted by Crippen LogP contribution is -2.20. The Morgan fingerprint density at radius 3 is 3.00 bits per heavy atom. The lowest BCUT2D eigenvalue weighted by Gasteiger charge is -2.11. The molecule has 1 aromatic heterocycles. The summed E-state index contributed by atoms with van der Waals surface area (Å²) in [5.41, 5.74) is 3.39. The quantitative estimate of drug-likeness (QED) is 0.679. The highest BCUT2D eigenvalue weighted by Crippen LogP contribution is 2.32. The summed E-state index contributed by atoms with van der Waals surface area (Å²) in [5, 5.41) is 4.62. The Hall–Kier alpha value is -2.44. The van der Waals surface area contributed by atoms with Crippen LogP contribution in [0.2, 0.25) is 5.02 Å². The zero-order valence-electron chi connectivity index (χ0n) is 14.7. The van der Waals surface area contributed by atoms with Gasteiger partial charge in [0.1, 0.15) is 5.75 Å². The Labute approximate surface area is 166 Å². The van der Waals surface area contributed by atoms with Gasteiger partial charge in [-0.2, -0.15) is 0 Å². The normalized spacial score (nSPS) is 12.7. The molecule has 1 N–H and O–H groups in total. The van der Waals surface area contributed by atoms with Crippen molar-refractivity contribution in [2.75, 3.05) is 17.7 Å². The smallest absolute Gasteiger partial charge is 0.262 e. The van der Waals surface area contributed by atoms with Crippen LogP contribution in [0.5, 0.6) is 5.75 Å². The molecule has 3 aromatic rings. The van der Waals surface area contributed by atoms with Crippen LogP contribution in [-0.2, 0) is 11.3 Å². The SMILES string of the molecule is Cc1cc(OCC(=O)Nc2ccccc2-c2cn3c(n2)SCC3)ccc1Cl. The molecule has 0 bridgehead atoms. The van der Waals surface area contributed by atoms with Crippen molar-refractivity contribution in [3.63, 3.8) is 0 Å². The molecule has 7 heteroatoms. The molecular weight excluding hydrogens is 382 g/mol. The summed E-state index contributed by atoms with van der Waals surface area (Å²) in [6.45, 7) is 2.78. The molecule has 1 aliphatic rings. The maximum Gasteiger partial charge on any atom is 0.262 e. The van der Waals surface area contributed by atoms with Gasteiger partial charge in [0.15, 0.2) is 11.8 Å². The molecule has 1 amide bonds. The van der Waals surface area contributed by atoms with Gasteiger partial charge in [-0.3, -0.25) is 4.79 Å². The largest absolute Gasteiger partial charge is 0.484 e. The third kappa shape index (κ3) is 3.96. The first-order valence-corrected chi connectivity index (χ1v) is 9.95. The Morgan fingerprint density at radius 2 is 2.19 bits per heavy atom. The number of aromatic nitrogens is 2. The molecule has 0 saturated carbocycles. The standard InChI is InChI=1S/C20H18ClN3O2S/c1-13-10-14(6-7-16(13)21)26-12-19(25)22-17-5-3-2-4-15(17)18-11-24-8-9-27-20(24)23-18/h2-7,10-11H,8-9,12H2,1H3,(H,22,25). The third-order valence-corrected chi connectivity index (χ3v) is 5.67. The number of rotatable bonds is 5. The van der Waals surface area contributed by atoms with Gasteiger partial charge in [0.05, 0.1) is 11.4 Å². The summed E-state index contributed by atoms with van der Waals surface area (Å²) in [7, 11) is 0. The van der Waals surface area contributed by atoms with Gasteiger partial charge in [-0.05, 0) is 36.8 Å². The zero-order valence-corrected chi connectivity index (χ0v) is 16.3. The minimum absolute atomic E-state index is 0.0784. The number of carbonyl (C=O) groups excluding carboxylic acids is 1. The Morgan fingerprint density at radius 1 is 1.33 bits per heavy atom. The molecule has 0 saturated heterocycles. The summed E-state index contributed by atoms with van der Waals surface area (Å²) in [4.78, 5) is 17.0. The molecule has 2 heterocycles. The lowest BCUT2D eigenvalue weighted by atomic mass is 10.1. The summed E-state index contributed by atoms with van der Waals surface area (Å²) in [5.74, 6) is 1.45. The van der Waals surface area contributed by atoms with E-state index in [2.05, 4.69) is 14.9 Å². The predicted molar refractivity (Wildman–Crippen MR) is 109 cm³/mol. The van der Waals surface area contributed by atoms with Gasteiger partial charge in [-0.25, -0.2) is 4.98 Å². The fraction of sp³-hybridized carbons (Fsp3) is 0.200. The third-order valence-electron chi connectivity index (χ3n) is 4.28. The van der Waals surface area contributed by atoms with E-state index in [-0.39, 0.29) is 12.5 Å². The van der Waals surface area contributed by atoms with Crippen molar-refractivity contribution in [1.82, 2.24) is 9.55 Å².